The van der Waals surface area contributed by atoms with Gasteiger partial charge in [-0.3, -0.25) is 9.59 Å². The van der Waals surface area contributed by atoms with Gasteiger partial charge in [0.05, 0.1) is 0 Å². The Balaban J connectivity index is 3.17. The van der Waals surface area contributed by atoms with Crippen LogP contribution < -0.4 is 10.6 Å². The molecule has 1 rings (SSSR count). The van der Waals surface area contributed by atoms with Crippen molar-refractivity contribution in [3.63, 3.8) is 0 Å². The average molecular weight is 462 g/mol. The van der Waals surface area contributed by atoms with Gasteiger partial charge in [0, 0.05) is 12.6 Å². The van der Waals surface area contributed by atoms with E-state index in [-0.39, 0.29) is 24.4 Å². The van der Waals surface area contributed by atoms with E-state index in [1.165, 1.54) is 0 Å². The van der Waals surface area contributed by atoms with Crippen LogP contribution in [0.1, 0.15) is 91.3 Å². The molecule has 0 saturated heterocycles. The maximum Gasteiger partial charge on any atom is 0.408 e. The van der Waals surface area contributed by atoms with Gasteiger partial charge in [-0.2, -0.15) is 0 Å². The first-order chi connectivity index (χ1) is 15.5. The minimum Gasteiger partial charge on any atom is -0.444 e. The van der Waals surface area contributed by atoms with E-state index in [0.717, 1.165) is 43.2 Å². The predicted molar refractivity (Wildman–Crippen MR) is 132 cm³/mol. The molecule has 0 aliphatic rings. The van der Waals surface area contributed by atoms with Gasteiger partial charge in [-0.15, -0.1) is 0 Å². The molecule has 7 heteroatoms. The second kappa shape index (κ2) is 13.9. The second-order valence-electron chi connectivity index (χ2n) is 9.66. The van der Waals surface area contributed by atoms with Gasteiger partial charge in [0.1, 0.15) is 18.2 Å². The predicted octanol–water partition coefficient (Wildman–Crippen LogP) is 4.75. The molecule has 3 amide bonds. The highest BCUT2D eigenvalue weighted by Crippen LogP contribution is 2.24. The zero-order chi connectivity index (χ0) is 25.0. The van der Waals surface area contributed by atoms with Crippen LogP contribution in [0.3, 0.4) is 0 Å². The molecule has 1 atom stereocenters. The topological polar surface area (TPSA) is 87.7 Å². The average Bonchev–Trinajstić information content (AvgIpc) is 2.72. The smallest absolute Gasteiger partial charge is 0.408 e. The first-order valence-corrected chi connectivity index (χ1v) is 12.1. The van der Waals surface area contributed by atoms with Gasteiger partial charge in [-0.25, -0.2) is 4.79 Å². The van der Waals surface area contributed by atoms with Crippen molar-refractivity contribution >= 4 is 17.9 Å². The summed E-state index contributed by atoms with van der Waals surface area (Å²) < 4.78 is 5.25. The van der Waals surface area contributed by atoms with Crippen molar-refractivity contribution in [1.82, 2.24) is 15.5 Å². The van der Waals surface area contributed by atoms with E-state index in [0.29, 0.717) is 6.54 Å². The molecule has 0 aromatic heterocycles. The van der Waals surface area contributed by atoms with Gasteiger partial charge >= 0.3 is 6.09 Å². The van der Waals surface area contributed by atoms with Crippen molar-refractivity contribution in [2.24, 2.45) is 0 Å². The molecule has 1 aromatic carbocycles. The minimum atomic E-state index is -0.770. The van der Waals surface area contributed by atoms with Crippen LogP contribution in [0, 0.1) is 0 Å². The molecule has 0 aliphatic carbocycles. The van der Waals surface area contributed by atoms with Gasteiger partial charge < -0.3 is 20.3 Å². The van der Waals surface area contributed by atoms with Crippen LogP contribution in [0.4, 0.5) is 4.79 Å². The molecule has 186 valence electrons. The second-order valence-corrected chi connectivity index (χ2v) is 9.66. The molecule has 0 saturated carbocycles. The minimum absolute atomic E-state index is 0.0631. The number of hydrogen-bond acceptors (Lipinski definition) is 4. The highest BCUT2D eigenvalue weighted by atomic mass is 16.6. The molecule has 2 N–H and O–H groups in total. The number of alkyl carbamates (subject to hydrolysis) is 1. The third-order valence-electron chi connectivity index (χ3n) is 5.05. The number of amides is 3. The fourth-order valence-corrected chi connectivity index (χ4v) is 3.44. The Labute approximate surface area is 199 Å². The van der Waals surface area contributed by atoms with Crippen LogP contribution in [0.2, 0.25) is 0 Å². The number of benzene rings is 1. The third-order valence-corrected chi connectivity index (χ3v) is 5.05. The lowest BCUT2D eigenvalue weighted by Gasteiger charge is -2.32. The number of ether oxygens (including phenoxy) is 1. The SMILES string of the molecule is CCCCCCN(C(=O)CNC(=O)OC(C)(C)C)C(C(=O)NC(C)C)c1ccc(CC)cc1. The van der Waals surface area contributed by atoms with E-state index in [4.69, 9.17) is 4.74 Å². The summed E-state index contributed by atoms with van der Waals surface area (Å²) in [4.78, 5) is 40.2. The Kier molecular flexibility index (Phi) is 12.0. The van der Waals surface area contributed by atoms with Crippen LogP contribution in [0.25, 0.3) is 0 Å². The zero-order valence-corrected chi connectivity index (χ0v) is 21.5. The van der Waals surface area contributed by atoms with Crippen molar-refractivity contribution < 1.29 is 19.1 Å². The summed E-state index contributed by atoms with van der Waals surface area (Å²) in [7, 11) is 0. The van der Waals surface area contributed by atoms with Crippen molar-refractivity contribution in [3.8, 4) is 0 Å². The number of rotatable bonds is 12. The van der Waals surface area contributed by atoms with Gasteiger partial charge in [-0.05, 0) is 58.6 Å². The monoisotopic (exact) mass is 461 g/mol. The standard InChI is InChI=1S/C26H43N3O4/c1-8-10-11-12-17-29(22(30)18-27-25(32)33-26(5,6)7)23(24(31)28-19(3)4)21-15-13-20(9-2)14-16-21/h13-16,19,23H,8-12,17-18H2,1-7H3,(H,27,32)(H,28,31). The molecule has 0 radical (unpaired) electrons. The molecular weight excluding hydrogens is 418 g/mol. The van der Waals surface area contributed by atoms with E-state index in [2.05, 4.69) is 24.5 Å². The summed E-state index contributed by atoms with van der Waals surface area (Å²) >= 11 is 0. The summed E-state index contributed by atoms with van der Waals surface area (Å²) in [6.45, 7) is 13.5. The lowest BCUT2D eigenvalue weighted by atomic mass is 10.0. The van der Waals surface area contributed by atoms with Crippen LogP contribution >= 0.6 is 0 Å². The maximum atomic E-state index is 13.3. The highest BCUT2D eigenvalue weighted by Gasteiger charge is 2.31. The maximum absolute atomic E-state index is 13.3. The molecule has 1 unspecified atom stereocenters. The first-order valence-electron chi connectivity index (χ1n) is 12.1. The molecule has 7 nitrogen and oxygen atoms in total. The summed E-state index contributed by atoms with van der Waals surface area (Å²) in [6, 6.07) is 6.97. The Morgan fingerprint density at radius 2 is 1.64 bits per heavy atom. The van der Waals surface area contributed by atoms with E-state index >= 15 is 0 Å². The number of carbonyl (C=O) groups is 3. The molecule has 0 aliphatic heterocycles. The van der Waals surface area contributed by atoms with Gasteiger partial charge in [-0.1, -0.05) is 57.4 Å². The van der Waals surface area contributed by atoms with Gasteiger partial charge in [0.15, 0.2) is 0 Å². The third kappa shape index (κ3) is 10.7. The van der Waals surface area contributed by atoms with E-state index < -0.39 is 17.7 Å². The lowest BCUT2D eigenvalue weighted by Crippen LogP contribution is -2.49. The zero-order valence-electron chi connectivity index (χ0n) is 21.5. The summed E-state index contributed by atoms with van der Waals surface area (Å²) in [5.41, 5.74) is 1.26. The molecule has 0 bridgehead atoms. The van der Waals surface area contributed by atoms with E-state index in [1.807, 2.05) is 38.1 Å². The van der Waals surface area contributed by atoms with Crippen LogP contribution in [-0.2, 0) is 20.7 Å². The van der Waals surface area contributed by atoms with Crippen molar-refractivity contribution in [1.29, 1.82) is 0 Å². The lowest BCUT2D eigenvalue weighted by molar-refractivity contribution is -0.140. The molecule has 1 aromatic rings. The van der Waals surface area contributed by atoms with Crippen LogP contribution in [-0.4, -0.2) is 47.5 Å². The number of carbonyl (C=O) groups excluding carboxylic acids is 3. The van der Waals surface area contributed by atoms with Crippen molar-refractivity contribution in [2.75, 3.05) is 13.1 Å². The summed E-state index contributed by atoms with van der Waals surface area (Å²) in [6.07, 6.45) is 4.12. The fraction of sp³-hybridized carbons (Fsp3) is 0.654. The summed E-state index contributed by atoms with van der Waals surface area (Å²) in [5.74, 6) is -0.545. The van der Waals surface area contributed by atoms with E-state index in [1.54, 1.807) is 25.7 Å². The molecule has 0 heterocycles. The Morgan fingerprint density at radius 1 is 1.00 bits per heavy atom. The molecule has 33 heavy (non-hydrogen) atoms. The number of nitrogens with zero attached hydrogens (tertiary/aromatic N) is 1. The fourth-order valence-electron chi connectivity index (χ4n) is 3.44. The largest absolute Gasteiger partial charge is 0.444 e. The molecule has 0 spiro atoms. The number of hydrogen-bond donors (Lipinski definition) is 2. The van der Waals surface area contributed by atoms with Crippen LogP contribution in [0.15, 0.2) is 24.3 Å². The molecule has 0 fully saturated rings. The first kappa shape index (κ1) is 28.5. The molecular formula is C26H43N3O4. The summed E-state index contributed by atoms with van der Waals surface area (Å²) in [5, 5.41) is 5.50. The van der Waals surface area contributed by atoms with Crippen LogP contribution in [0.5, 0.6) is 0 Å². The van der Waals surface area contributed by atoms with Crippen molar-refractivity contribution in [2.45, 2.75) is 98.3 Å². The quantitative estimate of drug-likeness (QED) is 0.440. The van der Waals surface area contributed by atoms with Gasteiger partial charge in [0.2, 0.25) is 11.8 Å². The number of nitrogens with one attached hydrogen (secondary N) is 2. The number of unbranched alkanes of at least 4 members (excludes halogenated alkanes) is 3. The Bertz CT molecular complexity index is 754. The van der Waals surface area contributed by atoms with Crippen molar-refractivity contribution in [3.05, 3.63) is 35.4 Å². The van der Waals surface area contributed by atoms with E-state index in [9.17, 15) is 14.4 Å². The van der Waals surface area contributed by atoms with Gasteiger partial charge in [0.25, 0.3) is 0 Å². The normalized spacial score (nSPS) is 12.2. The number of aryl methyl sites for hydroxylation is 1. The highest BCUT2D eigenvalue weighted by molar-refractivity contribution is 5.90. The Morgan fingerprint density at radius 3 is 2.15 bits per heavy atom. The Hall–Kier alpha value is -2.57.